The average molecular weight is 430 g/mol. The van der Waals surface area contributed by atoms with Crippen molar-refractivity contribution in [1.29, 1.82) is 0 Å². The molecule has 0 atom stereocenters. The second kappa shape index (κ2) is 9.18. The summed E-state index contributed by atoms with van der Waals surface area (Å²) >= 11 is 0. The summed E-state index contributed by atoms with van der Waals surface area (Å²) in [4.78, 5) is 17.3. The lowest BCUT2D eigenvalue weighted by Gasteiger charge is -2.30. The van der Waals surface area contributed by atoms with Gasteiger partial charge in [0, 0.05) is 37.1 Å². The van der Waals surface area contributed by atoms with E-state index in [1.165, 1.54) is 4.31 Å². The molecular weight excluding hydrogens is 398 g/mol. The van der Waals surface area contributed by atoms with Crippen LogP contribution in [0.3, 0.4) is 0 Å². The van der Waals surface area contributed by atoms with Crippen LogP contribution in [0.15, 0.2) is 53.4 Å². The smallest absolute Gasteiger partial charge is 0.246 e. The van der Waals surface area contributed by atoms with Gasteiger partial charge in [0.05, 0.1) is 11.4 Å². The van der Waals surface area contributed by atoms with E-state index in [-0.39, 0.29) is 18.5 Å². The lowest BCUT2D eigenvalue weighted by atomic mass is 10.2. The van der Waals surface area contributed by atoms with E-state index in [0.29, 0.717) is 24.5 Å². The number of hydrogen-bond acceptors (Lipinski definition) is 4. The summed E-state index contributed by atoms with van der Waals surface area (Å²) in [6.45, 7) is 9.56. The topological polar surface area (TPSA) is 60.9 Å². The van der Waals surface area contributed by atoms with E-state index in [1.807, 2.05) is 73.9 Å². The van der Waals surface area contributed by atoms with Crippen molar-refractivity contribution in [2.45, 2.75) is 45.1 Å². The third-order valence-electron chi connectivity index (χ3n) is 5.53. The van der Waals surface area contributed by atoms with Crippen LogP contribution in [0.25, 0.3) is 0 Å². The van der Waals surface area contributed by atoms with Gasteiger partial charge in [-0.25, -0.2) is 8.42 Å². The molecule has 0 saturated carbocycles. The quantitative estimate of drug-likeness (QED) is 0.644. The highest BCUT2D eigenvalue weighted by Crippen LogP contribution is 2.31. The number of rotatable bonds is 8. The van der Waals surface area contributed by atoms with Gasteiger partial charge in [0.2, 0.25) is 15.9 Å². The van der Waals surface area contributed by atoms with Gasteiger partial charge in [0.15, 0.2) is 0 Å². The van der Waals surface area contributed by atoms with Gasteiger partial charge >= 0.3 is 0 Å². The summed E-state index contributed by atoms with van der Waals surface area (Å²) in [6, 6.07) is 15.0. The van der Waals surface area contributed by atoms with Gasteiger partial charge in [0.25, 0.3) is 0 Å². The second-order valence-corrected chi connectivity index (χ2v) is 9.68. The minimum absolute atomic E-state index is 0.0314. The van der Waals surface area contributed by atoms with Crippen LogP contribution in [0.2, 0.25) is 0 Å². The molecule has 7 heteroatoms. The molecule has 1 aliphatic rings. The number of benzene rings is 2. The summed E-state index contributed by atoms with van der Waals surface area (Å²) in [6.07, 6.45) is 0.733. The molecule has 1 aliphatic heterocycles. The zero-order chi connectivity index (χ0) is 21.9. The van der Waals surface area contributed by atoms with Crippen LogP contribution >= 0.6 is 0 Å². The Labute approximate surface area is 180 Å². The molecule has 0 saturated heterocycles. The van der Waals surface area contributed by atoms with Gasteiger partial charge in [0.1, 0.15) is 0 Å². The highest BCUT2D eigenvalue weighted by molar-refractivity contribution is 7.89. The summed E-state index contributed by atoms with van der Waals surface area (Å²) in [5.74, 6) is 0.0314. The Kier molecular flexibility index (Phi) is 6.83. The van der Waals surface area contributed by atoms with Crippen molar-refractivity contribution in [3.05, 3.63) is 54.1 Å². The third-order valence-corrected chi connectivity index (χ3v) is 7.58. The first-order chi connectivity index (χ1) is 14.3. The fraction of sp³-hybridized carbons (Fsp3) is 0.435. The normalized spacial score (nSPS) is 13.7. The Morgan fingerprint density at radius 2 is 1.73 bits per heavy atom. The van der Waals surface area contributed by atoms with Crippen molar-refractivity contribution in [2.24, 2.45) is 0 Å². The van der Waals surface area contributed by atoms with Gasteiger partial charge in [-0.3, -0.25) is 4.79 Å². The maximum absolute atomic E-state index is 13.1. The standard InChI is InChI=1S/C23H31N3O3S/c1-5-25(6-2)30(28,29)21-12-13-22-19(16-21)14-15-24(22)17-23(27)26(18(3)4)20-10-8-7-9-11-20/h7-13,16,18H,5-6,14-15,17H2,1-4H3. The van der Waals surface area contributed by atoms with Crippen LogP contribution in [0.1, 0.15) is 33.3 Å². The number of carbonyl (C=O) groups excluding carboxylic acids is 1. The first kappa shape index (κ1) is 22.3. The van der Waals surface area contributed by atoms with E-state index in [4.69, 9.17) is 0 Å². The van der Waals surface area contributed by atoms with E-state index >= 15 is 0 Å². The molecule has 0 spiro atoms. The number of amides is 1. The van der Waals surface area contributed by atoms with Crippen molar-refractivity contribution < 1.29 is 13.2 Å². The summed E-state index contributed by atoms with van der Waals surface area (Å²) in [5.41, 5.74) is 2.81. The van der Waals surface area contributed by atoms with Crippen LogP contribution in [-0.2, 0) is 21.2 Å². The highest BCUT2D eigenvalue weighted by atomic mass is 32.2. The minimum Gasteiger partial charge on any atom is -0.362 e. The van der Waals surface area contributed by atoms with Crippen molar-refractivity contribution in [1.82, 2.24) is 4.31 Å². The molecule has 0 fully saturated rings. The zero-order valence-electron chi connectivity index (χ0n) is 18.2. The molecular formula is C23H31N3O3S. The summed E-state index contributed by atoms with van der Waals surface area (Å²) in [5, 5.41) is 0. The maximum atomic E-state index is 13.1. The Morgan fingerprint density at radius 3 is 2.33 bits per heavy atom. The van der Waals surface area contributed by atoms with Crippen molar-refractivity contribution in [2.75, 3.05) is 36.0 Å². The number of anilines is 2. The summed E-state index contributed by atoms with van der Waals surface area (Å²) in [7, 11) is -3.48. The number of fused-ring (bicyclic) bond motifs is 1. The number of para-hydroxylation sites is 1. The van der Waals surface area contributed by atoms with Crippen LogP contribution < -0.4 is 9.80 Å². The van der Waals surface area contributed by atoms with E-state index in [1.54, 1.807) is 12.1 Å². The Bertz CT molecular complexity index is 986. The molecule has 1 heterocycles. The van der Waals surface area contributed by atoms with Gasteiger partial charge in [-0.15, -0.1) is 0 Å². The van der Waals surface area contributed by atoms with Crippen molar-refractivity contribution >= 4 is 27.3 Å². The minimum atomic E-state index is -3.48. The highest BCUT2D eigenvalue weighted by Gasteiger charge is 2.28. The number of nitrogens with zero attached hydrogens (tertiary/aromatic N) is 3. The van der Waals surface area contributed by atoms with E-state index in [2.05, 4.69) is 0 Å². The fourth-order valence-corrected chi connectivity index (χ4v) is 5.55. The molecule has 0 radical (unpaired) electrons. The lowest BCUT2D eigenvalue weighted by Crippen LogP contribution is -2.43. The molecule has 2 aromatic carbocycles. The molecule has 30 heavy (non-hydrogen) atoms. The van der Waals surface area contributed by atoms with Crippen LogP contribution in [0.4, 0.5) is 11.4 Å². The predicted molar refractivity (Wildman–Crippen MR) is 122 cm³/mol. The first-order valence-corrected chi connectivity index (χ1v) is 12.0. The van der Waals surface area contributed by atoms with E-state index in [0.717, 1.165) is 23.4 Å². The van der Waals surface area contributed by atoms with E-state index in [9.17, 15) is 13.2 Å². The lowest BCUT2D eigenvalue weighted by molar-refractivity contribution is -0.117. The molecule has 0 N–H and O–H groups in total. The molecule has 2 aromatic rings. The molecule has 0 aromatic heterocycles. The molecule has 6 nitrogen and oxygen atoms in total. The Hall–Kier alpha value is -2.38. The molecule has 0 aliphatic carbocycles. The van der Waals surface area contributed by atoms with Gasteiger partial charge in [-0.05, 0) is 56.2 Å². The third kappa shape index (κ3) is 4.37. The van der Waals surface area contributed by atoms with Crippen molar-refractivity contribution in [3.8, 4) is 0 Å². The van der Waals surface area contributed by atoms with Crippen LogP contribution in [0, 0.1) is 0 Å². The zero-order valence-corrected chi connectivity index (χ0v) is 19.0. The molecule has 0 unspecified atom stereocenters. The SMILES string of the molecule is CCN(CC)S(=O)(=O)c1ccc2c(c1)CCN2CC(=O)N(c1ccccc1)C(C)C. The number of hydrogen-bond donors (Lipinski definition) is 0. The molecule has 1 amide bonds. The van der Waals surface area contributed by atoms with Gasteiger partial charge in [-0.1, -0.05) is 32.0 Å². The Balaban J connectivity index is 1.81. The molecule has 162 valence electrons. The van der Waals surface area contributed by atoms with E-state index < -0.39 is 10.0 Å². The predicted octanol–water partition coefficient (Wildman–Crippen LogP) is 3.52. The maximum Gasteiger partial charge on any atom is 0.246 e. The molecule has 0 bridgehead atoms. The largest absolute Gasteiger partial charge is 0.362 e. The van der Waals surface area contributed by atoms with Gasteiger partial charge < -0.3 is 9.80 Å². The van der Waals surface area contributed by atoms with Gasteiger partial charge in [-0.2, -0.15) is 4.31 Å². The fourth-order valence-electron chi connectivity index (χ4n) is 4.04. The number of sulfonamides is 1. The molecule has 3 rings (SSSR count). The van der Waals surface area contributed by atoms with Crippen molar-refractivity contribution in [3.63, 3.8) is 0 Å². The Morgan fingerprint density at radius 1 is 1.07 bits per heavy atom. The first-order valence-electron chi connectivity index (χ1n) is 10.5. The van der Waals surface area contributed by atoms with Crippen LogP contribution in [-0.4, -0.2) is 50.9 Å². The second-order valence-electron chi connectivity index (χ2n) is 7.74. The number of carbonyl (C=O) groups is 1. The summed E-state index contributed by atoms with van der Waals surface area (Å²) < 4.78 is 27.1. The monoisotopic (exact) mass is 429 g/mol. The van der Waals surface area contributed by atoms with Crippen LogP contribution in [0.5, 0.6) is 0 Å². The average Bonchev–Trinajstić information content (AvgIpc) is 3.11.